The summed E-state index contributed by atoms with van der Waals surface area (Å²) in [6, 6.07) is 23.6. The van der Waals surface area contributed by atoms with Gasteiger partial charge in [-0.3, -0.25) is 0 Å². The second-order valence-electron chi connectivity index (χ2n) is 9.42. The van der Waals surface area contributed by atoms with Gasteiger partial charge < -0.3 is 0 Å². The summed E-state index contributed by atoms with van der Waals surface area (Å²) in [7, 11) is 0. The summed E-state index contributed by atoms with van der Waals surface area (Å²) in [5, 5.41) is 24.8. The zero-order chi connectivity index (χ0) is 25.9. The predicted octanol–water partition coefficient (Wildman–Crippen LogP) is 3.54. The molecule has 4 rings (SSSR count). The van der Waals surface area contributed by atoms with Crippen molar-refractivity contribution >= 4 is 32.7 Å². The Morgan fingerprint density at radius 2 is 1.61 bits per heavy atom. The molecule has 0 saturated carbocycles. The van der Waals surface area contributed by atoms with Crippen LogP contribution in [0.3, 0.4) is 0 Å². The fourth-order valence-corrected chi connectivity index (χ4v) is 6.94. The number of carbonyl (C=O) groups is 2. The van der Waals surface area contributed by atoms with Crippen molar-refractivity contribution in [1.82, 2.24) is 5.32 Å². The third kappa shape index (κ3) is 5.21. The van der Waals surface area contributed by atoms with E-state index in [-0.39, 0.29) is 5.32 Å². The van der Waals surface area contributed by atoms with Gasteiger partial charge in [0.25, 0.3) is 0 Å². The Kier molecular flexibility index (Phi) is 7.31. The molecule has 0 saturated heterocycles. The predicted molar refractivity (Wildman–Crippen MR) is 136 cm³/mol. The summed E-state index contributed by atoms with van der Waals surface area (Å²) < 4.78 is 7.96. The molecule has 1 amide bonds. The standard InChI is InChI=1S/C28H28N2O5Se/c1-27(2,3)35-26(33)29-21(25(31)32)18-36-24-23(19-12-6-4-7-13-19)30-17-11-10-16-22(30)28(24,34)20-14-8-5-9-15-20/h4-17,21,34H,18H2,1-3H3,(H-,29,31,32,33)/p+1/t21-,28?/m0/s1. The van der Waals surface area contributed by atoms with Crippen LogP contribution in [0.1, 0.15) is 37.6 Å². The number of ether oxygens (including phenoxy) is 1. The number of hydrogen-bond donors (Lipinski definition) is 3. The number of alkyl carbamates (subject to hydrolysis) is 1. The van der Waals surface area contributed by atoms with E-state index < -0.39 is 44.3 Å². The van der Waals surface area contributed by atoms with E-state index in [1.807, 2.05) is 89.6 Å². The van der Waals surface area contributed by atoms with Crippen LogP contribution in [-0.2, 0) is 15.1 Å². The Morgan fingerprint density at radius 1 is 1.00 bits per heavy atom. The molecule has 3 N–H and O–H groups in total. The van der Waals surface area contributed by atoms with E-state index in [0.717, 1.165) is 15.7 Å². The van der Waals surface area contributed by atoms with Crippen molar-refractivity contribution in [1.29, 1.82) is 0 Å². The molecule has 1 aliphatic rings. The number of aromatic nitrogens is 1. The minimum absolute atomic E-state index is 0.122. The Hall–Kier alpha value is -3.45. The van der Waals surface area contributed by atoms with Crippen LogP contribution >= 0.6 is 0 Å². The zero-order valence-electron chi connectivity index (χ0n) is 20.3. The first-order valence-electron chi connectivity index (χ1n) is 11.6. The van der Waals surface area contributed by atoms with Crippen LogP contribution in [0.4, 0.5) is 4.79 Å². The van der Waals surface area contributed by atoms with Crippen molar-refractivity contribution in [3.05, 3.63) is 106 Å². The van der Waals surface area contributed by atoms with Crippen molar-refractivity contribution in [2.75, 3.05) is 0 Å². The van der Waals surface area contributed by atoms with Gasteiger partial charge in [0.1, 0.15) is 0 Å². The Balaban J connectivity index is 1.78. The van der Waals surface area contributed by atoms with Gasteiger partial charge >= 0.3 is 217 Å². The molecule has 0 aliphatic carbocycles. The molecule has 186 valence electrons. The number of benzene rings is 2. The number of pyridine rings is 1. The molecular formula is C28H29N2O5Se+. The molecule has 2 heterocycles. The van der Waals surface area contributed by atoms with Gasteiger partial charge in [0, 0.05) is 0 Å². The second-order valence-corrected chi connectivity index (χ2v) is 11.6. The fourth-order valence-electron chi connectivity index (χ4n) is 4.12. The van der Waals surface area contributed by atoms with Gasteiger partial charge in [0.15, 0.2) is 0 Å². The van der Waals surface area contributed by atoms with Gasteiger partial charge in [-0.15, -0.1) is 0 Å². The number of amides is 1. The van der Waals surface area contributed by atoms with Gasteiger partial charge in [0.05, 0.1) is 0 Å². The van der Waals surface area contributed by atoms with Crippen LogP contribution < -0.4 is 9.88 Å². The van der Waals surface area contributed by atoms with Gasteiger partial charge in [0.2, 0.25) is 0 Å². The first-order chi connectivity index (χ1) is 17.1. The Morgan fingerprint density at radius 3 is 2.22 bits per heavy atom. The maximum atomic E-state index is 12.4. The minimum atomic E-state index is -1.46. The average molecular weight is 553 g/mol. The van der Waals surface area contributed by atoms with Crippen LogP contribution in [0.2, 0.25) is 5.32 Å². The van der Waals surface area contributed by atoms with E-state index in [1.165, 1.54) is 0 Å². The first kappa shape index (κ1) is 25.6. The van der Waals surface area contributed by atoms with Crippen LogP contribution in [0.5, 0.6) is 0 Å². The van der Waals surface area contributed by atoms with Crippen molar-refractivity contribution in [2.24, 2.45) is 0 Å². The molecule has 0 spiro atoms. The molecule has 36 heavy (non-hydrogen) atoms. The zero-order valence-corrected chi connectivity index (χ0v) is 22.1. The molecule has 3 aromatic rings. The number of carbonyl (C=O) groups excluding carboxylic acids is 1. The SMILES string of the molecule is CC(C)(C)OC(=O)N[C@@H](C[Se]C1=C(c2ccccc2)[n+]2ccccc2C1(O)c1ccccc1)C(=O)O. The summed E-state index contributed by atoms with van der Waals surface area (Å²) >= 11 is -0.528. The van der Waals surface area contributed by atoms with Crippen LogP contribution in [0, 0.1) is 0 Å². The number of aliphatic carboxylic acids is 1. The normalized spacial score (nSPS) is 17.9. The molecular weight excluding hydrogens is 523 g/mol. The number of fused-ring (bicyclic) bond motifs is 1. The van der Waals surface area contributed by atoms with Crippen LogP contribution in [-0.4, -0.2) is 48.9 Å². The summed E-state index contributed by atoms with van der Waals surface area (Å²) in [6.45, 7) is 5.16. The molecule has 7 nitrogen and oxygen atoms in total. The van der Waals surface area contributed by atoms with Crippen molar-refractivity contribution in [3.8, 4) is 0 Å². The summed E-state index contributed by atoms with van der Waals surface area (Å²) in [5.41, 5.74) is 0.893. The van der Waals surface area contributed by atoms with Gasteiger partial charge in [-0.2, -0.15) is 0 Å². The number of carboxylic acids is 1. The molecule has 2 atom stereocenters. The summed E-state index contributed by atoms with van der Waals surface area (Å²) in [6.07, 6.45) is 1.12. The number of nitrogens with zero attached hydrogens (tertiary/aromatic N) is 1. The number of hydrogen-bond acceptors (Lipinski definition) is 4. The molecule has 0 radical (unpaired) electrons. The van der Waals surface area contributed by atoms with Gasteiger partial charge in [-0.1, -0.05) is 0 Å². The van der Waals surface area contributed by atoms with E-state index in [9.17, 15) is 19.8 Å². The topological polar surface area (TPSA) is 99.7 Å². The Bertz CT molecular complexity index is 1290. The fraction of sp³-hybridized carbons (Fsp3) is 0.250. The number of nitrogens with one attached hydrogen (secondary N) is 1. The second kappa shape index (κ2) is 10.3. The van der Waals surface area contributed by atoms with Crippen molar-refractivity contribution in [2.45, 2.75) is 43.3 Å². The third-order valence-electron chi connectivity index (χ3n) is 5.64. The van der Waals surface area contributed by atoms with Gasteiger partial charge in [-0.05, 0) is 0 Å². The quantitative estimate of drug-likeness (QED) is 0.308. The van der Waals surface area contributed by atoms with E-state index >= 15 is 0 Å². The molecule has 1 aromatic heterocycles. The summed E-state index contributed by atoms with van der Waals surface area (Å²) in [4.78, 5) is 24.4. The van der Waals surface area contributed by atoms with E-state index in [4.69, 9.17) is 4.74 Å². The van der Waals surface area contributed by atoms with Crippen LogP contribution in [0.15, 0.2) is 89.5 Å². The van der Waals surface area contributed by atoms with E-state index in [0.29, 0.717) is 11.3 Å². The summed E-state index contributed by atoms with van der Waals surface area (Å²) in [5.74, 6) is -1.16. The monoisotopic (exact) mass is 553 g/mol. The van der Waals surface area contributed by atoms with Gasteiger partial charge in [-0.25, -0.2) is 0 Å². The molecule has 0 bridgehead atoms. The van der Waals surface area contributed by atoms with Crippen molar-refractivity contribution in [3.63, 3.8) is 0 Å². The molecule has 0 fully saturated rings. The third-order valence-corrected chi connectivity index (χ3v) is 8.32. The maximum absolute atomic E-state index is 12.4. The Labute approximate surface area is 216 Å². The van der Waals surface area contributed by atoms with Crippen molar-refractivity contribution < 1.29 is 29.1 Å². The molecule has 2 aromatic carbocycles. The van der Waals surface area contributed by atoms with E-state index in [2.05, 4.69) is 5.32 Å². The molecule has 8 heteroatoms. The average Bonchev–Trinajstić information content (AvgIpc) is 3.10. The number of carboxylic acid groups (broad SMARTS) is 1. The first-order valence-corrected chi connectivity index (χ1v) is 13.6. The number of aliphatic hydroxyl groups is 1. The molecule has 1 aliphatic heterocycles. The van der Waals surface area contributed by atoms with E-state index in [1.54, 1.807) is 20.8 Å². The molecule has 1 unspecified atom stereocenters. The number of rotatable bonds is 7. The van der Waals surface area contributed by atoms with Crippen LogP contribution in [0.25, 0.3) is 5.70 Å².